The van der Waals surface area contributed by atoms with Crippen molar-refractivity contribution in [3.05, 3.63) is 0 Å². The summed E-state index contributed by atoms with van der Waals surface area (Å²) in [6, 6.07) is 2.46. The van der Waals surface area contributed by atoms with Crippen molar-refractivity contribution in [3.63, 3.8) is 0 Å². The summed E-state index contributed by atoms with van der Waals surface area (Å²) >= 11 is 0. The quantitative estimate of drug-likeness (QED) is 0.686. The fourth-order valence-corrected chi connectivity index (χ4v) is 2.45. The first-order valence-corrected chi connectivity index (χ1v) is 8.74. The summed E-state index contributed by atoms with van der Waals surface area (Å²) in [7, 11) is -1.04. The van der Waals surface area contributed by atoms with Gasteiger partial charge in [0.2, 0.25) is 0 Å². The van der Waals surface area contributed by atoms with Gasteiger partial charge in [-0.3, -0.25) is 5.32 Å². The fraction of sp³-hybridized carbons (Fsp3) is 0.923. The normalized spacial score (nSPS) is 16.9. The van der Waals surface area contributed by atoms with Crippen LogP contribution in [-0.4, -0.2) is 57.0 Å². The highest BCUT2D eigenvalue weighted by atomic mass is 32.2. The van der Waals surface area contributed by atoms with Crippen LogP contribution in [0, 0.1) is 11.3 Å². The molecule has 0 radical (unpaired) electrons. The Morgan fingerprint density at radius 2 is 2.05 bits per heavy atom. The van der Waals surface area contributed by atoms with Crippen LogP contribution < -0.4 is 5.32 Å². The Bertz CT molecular complexity index is 403. The molecule has 0 spiro atoms. The summed E-state index contributed by atoms with van der Waals surface area (Å²) in [6.45, 7) is 7.28. The van der Waals surface area contributed by atoms with Crippen molar-refractivity contribution < 1.29 is 8.42 Å². The van der Waals surface area contributed by atoms with Crippen molar-refractivity contribution >= 4 is 9.84 Å². The van der Waals surface area contributed by atoms with Crippen LogP contribution >= 0.6 is 0 Å². The van der Waals surface area contributed by atoms with Gasteiger partial charge in [-0.15, -0.1) is 0 Å². The molecule has 112 valence electrons. The molecule has 0 aliphatic rings. The van der Waals surface area contributed by atoms with E-state index in [-0.39, 0.29) is 11.8 Å². The maximum absolute atomic E-state index is 11.1. The van der Waals surface area contributed by atoms with Gasteiger partial charge in [0.25, 0.3) is 0 Å². The topological polar surface area (TPSA) is 73.2 Å². The Balaban J connectivity index is 4.40. The lowest BCUT2D eigenvalue weighted by Crippen LogP contribution is -2.47. The van der Waals surface area contributed by atoms with E-state index in [1.807, 2.05) is 25.8 Å². The molecule has 0 aromatic carbocycles. The average molecular weight is 289 g/mol. The Labute approximate surface area is 117 Å². The van der Waals surface area contributed by atoms with Gasteiger partial charge in [-0.25, -0.2) is 8.42 Å². The second-order valence-electron chi connectivity index (χ2n) is 5.53. The highest BCUT2D eigenvalue weighted by molar-refractivity contribution is 7.90. The smallest absolute Gasteiger partial charge is 0.148 e. The van der Waals surface area contributed by atoms with Gasteiger partial charge in [0.1, 0.15) is 15.4 Å². The monoisotopic (exact) mass is 289 g/mol. The predicted molar refractivity (Wildman–Crippen MR) is 78.7 cm³/mol. The first-order valence-electron chi connectivity index (χ1n) is 6.68. The number of nitrogens with one attached hydrogen (secondary N) is 1. The molecule has 0 rings (SSSR count). The van der Waals surface area contributed by atoms with Crippen LogP contribution in [0.1, 0.15) is 33.6 Å². The van der Waals surface area contributed by atoms with Gasteiger partial charge in [-0.2, -0.15) is 5.26 Å². The minimum Gasteiger partial charge on any atom is -0.303 e. The van der Waals surface area contributed by atoms with E-state index in [4.69, 9.17) is 0 Å². The molecule has 0 amide bonds. The van der Waals surface area contributed by atoms with Crippen LogP contribution in [0.4, 0.5) is 0 Å². The zero-order chi connectivity index (χ0) is 15.1. The minimum absolute atomic E-state index is 0.149. The van der Waals surface area contributed by atoms with Crippen molar-refractivity contribution in [2.75, 3.05) is 32.1 Å². The number of hydrogen-bond acceptors (Lipinski definition) is 5. The molecule has 6 heteroatoms. The molecule has 0 saturated carbocycles. The molecule has 2 atom stereocenters. The van der Waals surface area contributed by atoms with Gasteiger partial charge in [0.05, 0.1) is 11.8 Å². The van der Waals surface area contributed by atoms with E-state index in [0.29, 0.717) is 13.0 Å². The van der Waals surface area contributed by atoms with Crippen molar-refractivity contribution in [2.24, 2.45) is 0 Å². The van der Waals surface area contributed by atoms with Crippen LogP contribution in [-0.2, 0) is 9.84 Å². The highest BCUT2D eigenvalue weighted by Crippen LogP contribution is 2.15. The molecule has 0 heterocycles. The first-order chi connectivity index (χ1) is 8.63. The summed E-state index contributed by atoms with van der Waals surface area (Å²) in [6.07, 6.45) is 2.90. The highest BCUT2D eigenvalue weighted by Gasteiger charge is 2.27. The van der Waals surface area contributed by atoms with Crippen molar-refractivity contribution in [3.8, 4) is 6.07 Å². The van der Waals surface area contributed by atoms with Gasteiger partial charge in [-0.1, -0.05) is 6.92 Å². The Morgan fingerprint density at radius 1 is 1.47 bits per heavy atom. The Hall–Kier alpha value is -0.640. The van der Waals surface area contributed by atoms with Crippen LogP contribution in [0.5, 0.6) is 0 Å². The molecule has 0 aliphatic heterocycles. The van der Waals surface area contributed by atoms with Crippen LogP contribution in [0.25, 0.3) is 0 Å². The molecule has 0 aromatic rings. The Kier molecular flexibility index (Phi) is 7.57. The second kappa shape index (κ2) is 7.83. The lowest BCUT2D eigenvalue weighted by molar-refractivity contribution is 0.223. The van der Waals surface area contributed by atoms with E-state index >= 15 is 0 Å². The van der Waals surface area contributed by atoms with E-state index in [2.05, 4.69) is 18.3 Å². The predicted octanol–water partition coefficient (Wildman–Crippen LogP) is 1.02. The molecule has 2 unspecified atom stereocenters. The minimum atomic E-state index is -2.94. The van der Waals surface area contributed by atoms with E-state index in [0.717, 1.165) is 13.0 Å². The number of rotatable bonds is 9. The third-order valence-corrected chi connectivity index (χ3v) is 4.21. The molecule has 19 heavy (non-hydrogen) atoms. The second-order valence-corrected chi connectivity index (χ2v) is 7.79. The molecule has 0 saturated heterocycles. The average Bonchev–Trinajstić information content (AvgIpc) is 2.32. The van der Waals surface area contributed by atoms with Crippen molar-refractivity contribution in [1.82, 2.24) is 10.2 Å². The van der Waals surface area contributed by atoms with Gasteiger partial charge < -0.3 is 4.90 Å². The van der Waals surface area contributed by atoms with Gasteiger partial charge in [0.15, 0.2) is 0 Å². The van der Waals surface area contributed by atoms with E-state index in [9.17, 15) is 13.7 Å². The number of sulfone groups is 1. The first kappa shape index (κ1) is 18.4. The SMILES string of the molecule is CCCNC(C)(C#N)CC(C)N(C)CCS(C)(=O)=O. The largest absolute Gasteiger partial charge is 0.303 e. The van der Waals surface area contributed by atoms with E-state index in [1.165, 1.54) is 6.26 Å². The van der Waals surface area contributed by atoms with E-state index < -0.39 is 15.4 Å². The standard InChI is InChI=1S/C13H27N3O2S/c1-6-7-15-13(3,11-14)10-12(2)16(4)8-9-19(5,17)18/h12,15H,6-10H2,1-5H3. The third-order valence-electron chi connectivity index (χ3n) is 3.28. The molecule has 1 N–H and O–H groups in total. The number of nitriles is 1. The zero-order valence-electron chi connectivity index (χ0n) is 12.7. The molecule has 0 bridgehead atoms. The number of nitrogens with zero attached hydrogens (tertiary/aromatic N) is 2. The third kappa shape index (κ3) is 8.19. The molecule has 5 nitrogen and oxygen atoms in total. The molecular weight excluding hydrogens is 262 g/mol. The van der Waals surface area contributed by atoms with Crippen LogP contribution in [0.15, 0.2) is 0 Å². The lowest BCUT2D eigenvalue weighted by atomic mass is 9.94. The van der Waals surface area contributed by atoms with Gasteiger partial charge >= 0.3 is 0 Å². The zero-order valence-corrected chi connectivity index (χ0v) is 13.5. The van der Waals surface area contributed by atoms with Gasteiger partial charge in [-0.05, 0) is 40.3 Å². The maximum atomic E-state index is 11.1. The molecular formula is C13H27N3O2S. The molecule has 0 fully saturated rings. The van der Waals surface area contributed by atoms with Crippen molar-refractivity contribution in [2.45, 2.75) is 45.2 Å². The summed E-state index contributed by atoms with van der Waals surface area (Å²) in [5, 5.41) is 12.5. The van der Waals surface area contributed by atoms with Crippen LogP contribution in [0.2, 0.25) is 0 Å². The molecule has 0 aliphatic carbocycles. The Morgan fingerprint density at radius 3 is 2.47 bits per heavy atom. The fourth-order valence-electron chi connectivity index (χ4n) is 1.84. The lowest BCUT2D eigenvalue weighted by Gasteiger charge is -2.31. The molecule has 0 aromatic heterocycles. The maximum Gasteiger partial charge on any atom is 0.148 e. The van der Waals surface area contributed by atoms with E-state index in [1.54, 1.807) is 0 Å². The van der Waals surface area contributed by atoms with Crippen LogP contribution in [0.3, 0.4) is 0 Å². The summed E-state index contributed by atoms with van der Waals surface area (Å²) in [5.74, 6) is 0.152. The summed E-state index contributed by atoms with van der Waals surface area (Å²) in [4.78, 5) is 1.99. The summed E-state index contributed by atoms with van der Waals surface area (Å²) in [5.41, 5.74) is -0.561. The van der Waals surface area contributed by atoms with Crippen molar-refractivity contribution in [1.29, 1.82) is 5.26 Å². The van der Waals surface area contributed by atoms with Gasteiger partial charge in [0, 0.05) is 18.8 Å². The summed E-state index contributed by atoms with van der Waals surface area (Å²) < 4.78 is 22.3. The number of hydrogen-bond donors (Lipinski definition) is 1.